The van der Waals surface area contributed by atoms with Gasteiger partial charge >= 0.3 is 0 Å². The highest BCUT2D eigenvalue weighted by molar-refractivity contribution is 6.33. The molecule has 2 aromatic carbocycles. The van der Waals surface area contributed by atoms with Gasteiger partial charge in [0.15, 0.2) is 11.5 Å². The molecule has 0 saturated heterocycles. The largest absolute Gasteiger partial charge is 0.332 e. The number of aromatic nitrogens is 2. The maximum absolute atomic E-state index is 14.3. The van der Waals surface area contributed by atoms with E-state index in [0.717, 1.165) is 6.07 Å². The minimum absolute atomic E-state index is 0.267. The molecular formula is C18H13ClFN5O2. The van der Waals surface area contributed by atoms with Crippen LogP contribution in [-0.4, -0.2) is 14.7 Å². The van der Waals surface area contributed by atoms with Crippen LogP contribution in [0.4, 0.5) is 21.6 Å². The van der Waals surface area contributed by atoms with Gasteiger partial charge in [0.2, 0.25) is 0 Å². The van der Waals surface area contributed by atoms with Crippen LogP contribution in [0, 0.1) is 34.2 Å². The first-order valence-electron chi connectivity index (χ1n) is 7.77. The molecule has 9 heteroatoms. The second kappa shape index (κ2) is 7.05. The molecule has 0 fully saturated rings. The van der Waals surface area contributed by atoms with Gasteiger partial charge in [-0.3, -0.25) is 14.8 Å². The molecule has 0 amide bonds. The van der Waals surface area contributed by atoms with Crippen molar-refractivity contribution in [2.75, 3.05) is 5.32 Å². The monoisotopic (exact) mass is 385 g/mol. The van der Waals surface area contributed by atoms with Crippen LogP contribution < -0.4 is 5.32 Å². The lowest BCUT2D eigenvalue weighted by molar-refractivity contribution is -0.384. The Balaban J connectivity index is 2.18. The van der Waals surface area contributed by atoms with Crippen LogP contribution >= 0.6 is 11.6 Å². The number of hydrogen-bond acceptors (Lipinski definition) is 5. The Bertz CT molecular complexity index is 1100. The zero-order valence-corrected chi connectivity index (χ0v) is 15.1. The molecule has 7 nitrogen and oxygen atoms in total. The first-order valence-corrected chi connectivity index (χ1v) is 8.14. The van der Waals surface area contributed by atoms with Crippen LogP contribution in [0.5, 0.6) is 0 Å². The molecule has 0 bridgehead atoms. The molecule has 3 aromatic rings. The molecule has 0 aliphatic rings. The van der Waals surface area contributed by atoms with E-state index in [1.807, 2.05) is 6.07 Å². The second-order valence-corrected chi connectivity index (χ2v) is 6.16. The van der Waals surface area contributed by atoms with Crippen LogP contribution in [0.3, 0.4) is 0 Å². The van der Waals surface area contributed by atoms with Crippen molar-refractivity contribution < 1.29 is 9.31 Å². The summed E-state index contributed by atoms with van der Waals surface area (Å²) < 4.78 is 15.7. The van der Waals surface area contributed by atoms with Gasteiger partial charge in [0.1, 0.15) is 5.82 Å². The van der Waals surface area contributed by atoms with E-state index < -0.39 is 16.4 Å². The van der Waals surface area contributed by atoms with Gasteiger partial charge in [0.25, 0.3) is 5.69 Å². The predicted octanol–water partition coefficient (Wildman–Crippen LogP) is 4.71. The van der Waals surface area contributed by atoms with Gasteiger partial charge in [-0.15, -0.1) is 0 Å². The average molecular weight is 386 g/mol. The Labute approximate surface area is 158 Å². The molecule has 1 aromatic heterocycles. The minimum Gasteiger partial charge on any atom is -0.332 e. The van der Waals surface area contributed by atoms with Gasteiger partial charge in [0.05, 0.1) is 22.2 Å². The van der Waals surface area contributed by atoms with Crippen molar-refractivity contribution in [3.63, 3.8) is 0 Å². The van der Waals surface area contributed by atoms with Crippen LogP contribution in [-0.2, 0) is 7.05 Å². The quantitative estimate of drug-likeness (QED) is 0.518. The van der Waals surface area contributed by atoms with Crippen molar-refractivity contribution in [3.8, 4) is 17.2 Å². The summed E-state index contributed by atoms with van der Waals surface area (Å²) in [5.74, 6) is -0.424. The standard InChI is InChI=1S/C18H13ClFN5O2/c1-10-16(12-7-6-11(9-21)8-13(12)19)18(24(2)23-10)22-17-14(20)4-3-5-15(17)25(26)27/h3-8,22H,1-2H3. The third-order valence-corrected chi connectivity index (χ3v) is 4.33. The molecule has 3 rings (SSSR count). The topological polar surface area (TPSA) is 96.8 Å². The van der Waals surface area contributed by atoms with Crippen molar-refractivity contribution in [1.82, 2.24) is 9.78 Å². The lowest BCUT2D eigenvalue weighted by atomic mass is 10.0. The number of aryl methyl sites for hydroxylation is 2. The Morgan fingerprint density at radius 2 is 2.11 bits per heavy atom. The summed E-state index contributed by atoms with van der Waals surface area (Å²) in [6.45, 7) is 1.74. The van der Waals surface area contributed by atoms with Gasteiger partial charge in [-0.05, 0) is 25.1 Å². The number of nitro groups is 1. The predicted molar refractivity (Wildman–Crippen MR) is 99.4 cm³/mol. The molecule has 0 unspecified atom stereocenters. The summed E-state index contributed by atoms with van der Waals surface area (Å²) in [5.41, 5.74) is 1.45. The molecule has 0 aliphatic heterocycles. The SMILES string of the molecule is Cc1nn(C)c(Nc2c(F)cccc2[N+](=O)[O-])c1-c1ccc(C#N)cc1Cl. The third-order valence-electron chi connectivity index (χ3n) is 4.02. The lowest BCUT2D eigenvalue weighted by Gasteiger charge is -2.12. The minimum atomic E-state index is -0.764. The maximum atomic E-state index is 14.3. The Morgan fingerprint density at radius 3 is 2.74 bits per heavy atom. The number of nitrogens with zero attached hydrogens (tertiary/aromatic N) is 4. The summed E-state index contributed by atoms with van der Waals surface area (Å²) in [6.07, 6.45) is 0. The van der Waals surface area contributed by atoms with Gasteiger partial charge < -0.3 is 5.32 Å². The number of nitriles is 1. The van der Waals surface area contributed by atoms with E-state index in [1.165, 1.54) is 22.9 Å². The zero-order chi connectivity index (χ0) is 19.7. The number of nitro benzene ring substituents is 1. The van der Waals surface area contributed by atoms with E-state index in [0.29, 0.717) is 33.2 Å². The molecular weight excluding hydrogens is 373 g/mol. The van der Waals surface area contributed by atoms with Crippen molar-refractivity contribution >= 4 is 28.8 Å². The van der Waals surface area contributed by atoms with Gasteiger partial charge in [-0.2, -0.15) is 10.4 Å². The Kier molecular flexibility index (Phi) is 4.79. The number of nitrogens with one attached hydrogen (secondary N) is 1. The zero-order valence-electron chi connectivity index (χ0n) is 14.3. The van der Waals surface area contributed by atoms with Crippen molar-refractivity contribution in [1.29, 1.82) is 5.26 Å². The third kappa shape index (κ3) is 3.32. The molecule has 1 heterocycles. The van der Waals surface area contributed by atoms with Crippen LogP contribution in [0.2, 0.25) is 5.02 Å². The highest BCUT2D eigenvalue weighted by Gasteiger charge is 2.23. The fraction of sp³-hybridized carbons (Fsp3) is 0.111. The summed E-state index contributed by atoms with van der Waals surface area (Å²) >= 11 is 6.31. The molecule has 1 N–H and O–H groups in total. The summed E-state index contributed by atoms with van der Waals surface area (Å²) in [5, 5.41) is 27.7. The molecule has 0 spiro atoms. The lowest BCUT2D eigenvalue weighted by Crippen LogP contribution is -2.04. The average Bonchev–Trinajstić information content (AvgIpc) is 2.89. The van der Waals surface area contributed by atoms with E-state index in [4.69, 9.17) is 16.9 Å². The molecule has 0 aliphatic carbocycles. The molecule has 136 valence electrons. The van der Waals surface area contributed by atoms with E-state index in [1.54, 1.807) is 26.1 Å². The molecule has 0 atom stereocenters. The summed E-state index contributed by atoms with van der Waals surface area (Å²) in [7, 11) is 1.63. The molecule has 27 heavy (non-hydrogen) atoms. The van der Waals surface area contributed by atoms with Crippen LogP contribution in [0.25, 0.3) is 11.1 Å². The van der Waals surface area contributed by atoms with Gasteiger partial charge in [0, 0.05) is 29.3 Å². The first kappa shape index (κ1) is 18.4. The number of benzene rings is 2. The highest BCUT2D eigenvalue weighted by atomic mass is 35.5. The Morgan fingerprint density at radius 1 is 1.37 bits per heavy atom. The molecule has 0 saturated carbocycles. The number of anilines is 2. The van der Waals surface area contributed by atoms with Crippen LogP contribution in [0.15, 0.2) is 36.4 Å². The molecule has 0 radical (unpaired) electrons. The van der Waals surface area contributed by atoms with Gasteiger partial charge in [-0.25, -0.2) is 4.39 Å². The van der Waals surface area contributed by atoms with E-state index in [2.05, 4.69) is 10.4 Å². The number of halogens is 2. The normalized spacial score (nSPS) is 10.5. The fourth-order valence-electron chi connectivity index (χ4n) is 2.82. The first-order chi connectivity index (χ1) is 12.8. The maximum Gasteiger partial charge on any atom is 0.295 e. The fourth-order valence-corrected chi connectivity index (χ4v) is 3.09. The van der Waals surface area contributed by atoms with Crippen molar-refractivity contribution in [2.24, 2.45) is 7.05 Å². The van der Waals surface area contributed by atoms with Crippen molar-refractivity contribution in [2.45, 2.75) is 6.92 Å². The van der Waals surface area contributed by atoms with E-state index in [9.17, 15) is 14.5 Å². The number of para-hydroxylation sites is 1. The second-order valence-electron chi connectivity index (χ2n) is 5.76. The van der Waals surface area contributed by atoms with Crippen LogP contribution in [0.1, 0.15) is 11.3 Å². The van der Waals surface area contributed by atoms with E-state index in [-0.39, 0.29) is 5.69 Å². The van der Waals surface area contributed by atoms with Gasteiger partial charge in [-0.1, -0.05) is 23.7 Å². The highest BCUT2D eigenvalue weighted by Crippen LogP contribution is 2.39. The Hall–Kier alpha value is -3.44. The number of rotatable bonds is 4. The summed E-state index contributed by atoms with van der Waals surface area (Å²) in [6, 6.07) is 10.4. The van der Waals surface area contributed by atoms with Crippen molar-refractivity contribution in [3.05, 3.63) is 68.6 Å². The van der Waals surface area contributed by atoms with E-state index >= 15 is 0 Å². The smallest absolute Gasteiger partial charge is 0.295 e. The summed E-state index contributed by atoms with van der Waals surface area (Å²) in [4.78, 5) is 10.6. The number of hydrogen-bond donors (Lipinski definition) is 1.